The minimum atomic E-state index is -0.143. The number of carbonyl (C=O) groups excluding carboxylic acids is 3. The fourth-order valence-electron chi connectivity index (χ4n) is 4.39. The molecule has 0 bridgehead atoms. The summed E-state index contributed by atoms with van der Waals surface area (Å²) >= 11 is 0. The lowest BCUT2D eigenvalue weighted by molar-refractivity contribution is -0.132. The number of ether oxygens (including phenoxy) is 2. The molecule has 2 N–H and O–H groups in total. The topological polar surface area (TPSA) is 100 Å². The van der Waals surface area contributed by atoms with Crippen LogP contribution < -0.4 is 20.1 Å². The van der Waals surface area contributed by atoms with Gasteiger partial charge < -0.3 is 29.9 Å². The summed E-state index contributed by atoms with van der Waals surface area (Å²) in [4.78, 5) is 41.0. The maximum Gasteiger partial charge on any atom is 0.315 e. The van der Waals surface area contributed by atoms with Crippen LogP contribution in [0.2, 0.25) is 0 Å². The lowest BCUT2D eigenvalue weighted by Crippen LogP contribution is -2.50. The van der Waals surface area contributed by atoms with E-state index in [1.54, 1.807) is 35.1 Å². The van der Waals surface area contributed by atoms with Gasteiger partial charge in [0.05, 0.1) is 19.8 Å². The number of piperazine rings is 1. The maximum atomic E-state index is 12.9. The van der Waals surface area contributed by atoms with Crippen LogP contribution >= 0.6 is 0 Å². The van der Waals surface area contributed by atoms with Gasteiger partial charge in [-0.1, -0.05) is 19.3 Å². The van der Waals surface area contributed by atoms with Crippen LogP contribution in [0.4, 0.5) is 4.79 Å². The third-order valence-electron chi connectivity index (χ3n) is 6.35. The van der Waals surface area contributed by atoms with E-state index in [0.29, 0.717) is 62.6 Å². The van der Waals surface area contributed by atoms with E-state index in [1.165, 1.54) is 26.4 Å². The van der Waals surface area contributed by atoms with Gasteiger partial charge in [-0.15, -0.1) is 0 Å². The predicted octanol–water partition coefficient (Wildman–Crippen LogP) is 2.40. The van der Waals surface area contributed by atoms with Crippen LogP contribution in [0.25, 0.3) is 0 Å². The fourth-order valence-corrected chi connectivity index (χ4v) is 4.39. The Hall–Kier alpha value is -2.97. The number of hydrogen-bond acceptors (Lipinski definition) is 5. The highest BCUT2D eigenvalue weighted by atomic mass is 16.5. The second-order valence-corrected chi connectivity index (χ2v) is 8.58. The monoisotopic (exact) mass is 460 g/mol. The van der Waals surface area contributed by atoms with Gasteiger partial charge in [-0.05, 0) is 31.4 Å². The number of nitrogens with zero attached hydrogens (tertiary/aromatic N) is 2. The predicted molar refractivity (Wildman–Crippen MR) is 125 cm³/mol. The average molecular weight is 461 g/mol. The molecule has 4 amide bonds. The molecule has 1 heterocycles. The van der Waals surface area contributed by atoms with E-state index in [4.69, 9.17) is 9.47 Å². The van der Waals surface area contributed by atoms with Crippen molar-refractivity contribution < 1.29 is 23.9 Å². The number of benzene rings is 1. The van der Waals surface area contributed by atoms with Crippen molar-refractivity contribution in [1.82, 2.24) is 20.4 Å². The van der Waals surface area contributed by atoms with Gasteiger partial charge in [-0.25, -0.2) is 4.79 Å². The number of amides is 4. The smallest absolute Gasteiger partial charge is 0.315 e. The molecule has 33 heavy (non-hydrogen) atoms. The third-order valence-corrected chi connectivity index (χ3v) is 6.35. The number of urea groups is 1. The van der Waals surface area contributed by atoms with Crippen molar-refractivity contribution in [2.75, 3.05) is 46.9 Å². The first-order chi connectivity index (χ1) is 16.0. The number of nitrogens with one attached hydrogen (secondary N) is 2. The summed E-state index contributed by atoms with van der Waals surface area (Å²) in [5.41, 5.74) is 0.482. The van der Waals surface area contributed by atoms with Gasteiger partial charge in [-0.2, -0.15) is 0 Å². The largest absolute Gasteiger partial charge is 0.497 e. The second-order valence-electron chi connectivity index (χ2n) is 8.58. The van der Waals surface area contributed by atoms with Gasteiger partial charge >= 0.3 is 6.03 Å². The van der Waals surface area contributed by atoms with Gasteiger partial charge in [0.2, 0.25) is 5.91 Å². The Morgan fingerprint density at radius 3 is 2.33 bits per heavy atom. The molecule has 9 heteroatoms. The molecule has 182 valence electrons. The van der Waals surface area contributed by atoms with Gasteiger partial charge in [0.25, 0.3) is 5.91 Å². The van der Waals surface area contributed by atoms with Crippen LogP contribution in [0.15, 0.2) is 18.2 Å². The highest BCUT2D eigenvalue weighted by molar-refractivity contribution is 5.97. The summed E-state index contributed by atoms with van der Waals surface area (Å²) in [5.74, 6) is 1.03. The standard InChI is InChI=1S/C24H36N4O5/c1-32-19-10-11-20(21(17-19)33-2)23(30)28-15-13-27(14-16-28)22(29)9-6-12-25-24(31)26-18-7-4-3-5-8-18/h10-11,17-18H,3-9,12-16H2,1-2H3,(H2,25,26,31). The van der Waals surface area contributed by atoms with E-state index in [1.807, 2.05) is 0 Å². The summed E-state index contributed by atoms with van der Waals surface area (Å²) in [6.07, 6.45) is 6.66. The molecule has 1 aliphatic heterocycles. The molecule has 1 aromatic rings. The average Bonchev–Trinajstić information content (AvgIpc) is 2.86. The van der Waals surface area contributed by atoms with Crippen molar-refractivity contribution in [3.05, 3.63) is 23.8 Å². The van der Waals surface area contributed by atoms with E-state index in [9.17, 15) is 14.4 Å². The lowest BCUT2D eigenvalue weighted by atomic mass is 9.96. The van der Waals surface area contributed by atoms with Gasteiger partial charge in [0.15, 0.2) is 0 Å². The number of hydrogen-bond donors (Lipinski definition) is 2. The molecule has 2 aliphatic rings. The Balaban J connectivity index is 1.36. The van der Waals surface area contributed by atoms with Crippen molar-refractivity contribution >= 4 is 17.8 Å². The first kappa shape index (κ1) is 24.7. The Morgan fingerprint density at radius 1 is 0.970 bits per heavy atom. The van der Waals surface area contributed by atoms with Crippen molar-refractivity contribution in [2.45, 2.75) is 51.0 Å². The van der Waals surface area contributed by atoms with Crippen molar-refractivity contribution in [1.29, 1.82) is 0 Å². The van der Waals surface area contributed by atoms with Crippen molar-refractivity contribution in [3.8, 4) is 11.5 Å². The molecule has 1 aliphatic carbocycles. The Labute approximate surface area is 195 Å². The molecule has 3 rings (SSSR count). The zero-order valence-corrected chi connectivity index (χ0v) is 19.7. The van der Waals surface area contributed by atoms with E-state index in [2.05, 4.69) is 10.6 Å². The summed E-state index contributed by atoms with van der Waals surface area (Å²) in [7, 11) is 3.09. The number of carbonyl (C=O) groups is 3. The third kappa shape index (κ3) is 7.00. The van der Waals surface area contributed by atoms with Gasteiger partial charge in [-0.3, -0.25) is 9.59 Å². The number of rotatable bonds is 8. The molecule has 0 aromatic heterocycles. The van der Waals surface area contributed by atoms with Crippen molar-refractivity contribution in [2.24, 2.45) is 0 Å². The van der Waals surface area contributed by atoms with Crippen LogP contribution in [0.1, 0.15) is 55.3 Å². The van der Waals surface area contributed by atoms with Crippen LogP contribution in [0.3, 0.4) is 0 Å². The molecule has 2 fully saturated rings. The zero-order chi connectivity index (χ0) is 23.6. The molecule has 9 nitrogen and oxygen atoms in total. The second kappa shape index (κ2) is 12.3. The SMILES string of the molecule is COc1ccc(C(=O)N2CCN(C(=O)CCCNC(=O)NC3CCCCC3)CC2)c(OC)c1. The molecule has 1 saturated heterocycles. The fraction of sp³-hybridized carbons (Fsp3) is 0.625. The summed E-state index contributed by atoms with van der Waals surface area (Å²) in [6.45, 7) is 2.42. The molecule has 0 atom stereocenters. The van der Waals surface area contributed by atoms with E-state index >= 15 is 0 Å². The minimum absolute atomic E-state index is 0.0543. The molecular weight excluding hydrogens is 424 g/mol. The molecule has 1 aromatic carbocycles. The first-order valence-electron chi connectivity index (χ1n) is 11.8. The van der Waals surface area contributed by atoms with Crippen LogP contribution in [0.5, 0.6) is 11.5 Å². The molecule has 0 spiro atoms. The van der Waals surface area contributed by atoms with Crippen LogP contribution in [-0.4, -0.2) is 80.6 Å². The summed E-state index contributed by atoms with van der Waals surface area (Å²) < 4.78 is 10.5. The normalized spacial score (nSPS) is 16.8. The summed E-state index contributed by atoms with van der Waals surface area (Å²) in [6, 6.07) is 5.26. The van der Waals surface area contributed by atoms with Crippen LogP contribution in [-0.2, 0) is 4.79 Å². The first-order valence-corrected chi connectivity index (χ1v) is 11.8. The Kier molecular flexibility index (Phi) is 9.21. The Bertz CT molecular complexity index is 817. The van der Waals surface area contributed by atoms with E-state index < -0.39 is 0 Å². The molecule has 1 saturated carbocycles. The molecule has 0 radical (unpaired) electrons. The molecular formula is C24H36N4O5. The van der Waals surface area contributed by atoms with Gasteiger partial charge in [0, 0.05) is 51.3 Å². The highest BCUT2D eigenvalue weighted by Gasteiger charge is 2.26. The molecule has 0 unspecified atom stereocenters. The quantitative estimate of drug-likeness (QED) is 0.581. The van der Waals surface area contributed by atoms with Crippen molar-refractivity contribution in [3.63, 3.8) is 0 Å². The van der Waals surface area contributed by atoms with E-state index in [-0.39, 0.29) is 23.9 Å². The van der Waals surface area contributed by atoms with E-state index in [0.717, 1.165) is 12.8 Å². The zero-order valence-electron chi connectivity index (χ0n) is 19.7. The number of methoxy groups -OCH3 is 2. The highest BCUT2D eigenvalue weighted by Crippen LogP contribution is 2.26. The Morgan fingerprint density at radius 2 is 1.67 bits per heavy atom. The maximum absolute atomic E-state index is 12.9. The van der Waals surface area contributed by atoms with Gasteiger partial charge in [0.1, 0.15) is 11.5 Å². The minimum Gasteiger partial charge on any atom is -0.497 e. The summed E-state index contributed by atoms with van der Waals surface area (Å²) in [5, 5.41) is 5.87. The van der Waals surface area contributed by atoms with Crippen LogP contribution in [0, 0.1) is 0 Å². The lowest BCUT2D eigenvalue weighted by Gasteiger charge is -2.35.